The van der Waals surface area contributed by atoms with Crippen molar-refractivity contribution in [3.05, 3.63) is 18.2 Å². The SMILES string of the molecule is COCCn1ccnc1C1CCN(C(=O)COCC2CCCO2)CC1. The third-order valence-corrected chi connectivity index (χ3v) is 5.05. The molecule has 3 rings (SSSR count). The molecular formula is C18H29N3O4. The molecule has 0 spiro atoms. The molecule has 0 radical (unpaired) electrons. The van der Waals surface area contributed by atoms with E-state index in [2.05, 4.69) is 9.55 Å². The van der Waals surface area contributed by atoms with Crippen LogP contribution in [0.25, 0.3) is 0 Å². The van der Waals surface area contributed by atoms with Crippen LogP contribution in [0.3, 0.4) is 0 Å². The highest BCUT2D eigenvalue weighted by Crippen LogP contribution is 2.27. The molecule has 1 aromatic heterocycles. The molecule has 0 N–H and O–H groups in total. The molecule has 0 aliphatic carbocycles. The molecule has 2 saturated heterocycles. The van der Waals surface area contributed by atoms with Crippen LogP contribution in [0, 0.1) is 0 Å². The summed E-state index contributed by atoms with van der Waals surface area (Å²) in [5.41, 5.74) is 0. The number of rotatable bonds is 8. The Bertz CT molecular complexity index is 534. The van der Waals surface area contributed by atoms with Crippen LogP contribution < -0.4 is 0 Å². The van der Waals surface area contributed by atoms with Crippen molar-refractivity contribution in [3.8, 4) is 0 Å². The Balaban J connectivity index is 1.40. The van der Waals surface area contributed by atoms with Crippen molar-refractivity contribution in [2.75, 3.05) is 46.6 Å². The molecule has 25 heavy (non-hydrogen) atoms. The highest BCUT2D eigenvalue weighted by molar-refractivity contribution is 5.77. The second-order valence-corrected chi connectivity index (χ2v) is 6.78. The van der Waals surface area contributed by atoms with Crippen molar-refractivity contribution < 1.29 is 19.0 Å². The molecule has 1 aromatic rings. The van der Waals surface area contributed by atoms with Crippen molar-refractivity contribution in [3.63, 3.8) is 0 Å². The molecule has 0 saturated carbocycles. The van der Waals surface area contributed by atoms with Crippen LogP contribution in [0.5, 0.6) is 0 Å². The average molecular weight is 351 g/mol. The summed E-state index contributed by atoms with van der Waals surface area (Å²) in [4.78, 5) is 18.7. The van der Waals surface area contributed by atoms with Gasteiger partial charge in [-0.2, -0.15) is 0 Å². The Hall–Kier alpha value is -1.44. The van der Waals surface area contributed by atoms with E-state index in [1.54, 1.807) is 7.11 Å². The van der Waals surface area contributed by atoms with Gasteiger partial charge in [-0.3, -0.25) is 4.79 Å². The predicted octanol–water partition coefficient (Wildman–Crippen LogP) is 1.43. The molecule has 1 atom stereocenters. The number of nitrogens with zero attached hydrogens (tertiary/aromatic N) is 3. The molecule has 1 unspecified atom stereocenters. The minimum absolute atomic E-state index is 0.0826. The zero-order chi connectivity index (χ0) is 17.5. The van der Waals surface area contributed by atoms with Gasteiger partial charge in [0.15, 0.2) is 0 Å². The van der Waals surface area contributed by atoms with Crippen molar-refractivity contribution in [2.45, 2.75) is 44.2 Å². The van der Waals surface area contributed by atoms with Crippen LogP contribution in [-0.2, 0) is 25.5 Å². The number of carbonyl (C=O) groups excluding carboxylic acids is 1. The van der Waals surface area contributed by atoms with Gasteiger partial charge in [0.2, 0.25) is 5.91 Å². The van der Waals surface area contributed by atoms with E-state index < -0.39 is 0 Å². The van der Waals surface area contributed by atoms with E-state index in [1.165, 1.54) is 0 Å². The van der Waals surface area contributed by atoms with E-state index in [1.807, 2.05) is 17.3 Å². The number of amides is 1. The van der Waals surface area contributed by atoms with Crippen molar-refractivity contribution >= 4 is 5.91 Å². The summed E-state index contributed by atoms with van der Waals surface area (Å²) in [5.74, 6) is 1.60. The normalized spacial score (nSPS) is 21.8. The Morgan fingerprint density at radius 3 is 2.92 bits per heavy atom. The fourth-order valence-corrected chi connectivity index (χ4v) is 3.59. The third kappa shape index (κ3) is 5.03. The van der Waals surface area contributed by atoms with Crippen LogP contribution in [-0.4, -0.2) is 73.1 Å². The summed E-state index contributed by atoms with van der Waals surface area (Å²) < 4.78 is 18.4. The molecule has 2 aliphatic heterocycles. The fourth-order valence-electron chi connectivity index (χ4n) is 3.59. The van der Waals surface area contributed by atoms with Crippen LogP contribution >= 0.6 is 0 Å². The summed E-state index contributed by atoms with van der Waals surface area (Å²) >= 11 is 0. The van der Waals surface area contributed by atoms with Crippen molar-refractivity contribution in [1.82, 2.24) is 14.5 Å². The first-order chi connectivity index (χ1) is 12.3. The van der Waals surface area contributed by atoms with Gasteiger partial charge < -0.3 is 23.7 Å². The number of hydrogen-bond donors (Lipinski definition) is 0. The first kappa shape index (κ1) is 18.4. The minimum atomic E-state index is 0.0826. The lowest BCUT2D eigenvalue weighted by atomic mass is 9.96. The molecule has 7 nitrogen and oxygen atoms in total. The lowest BCUT2D eigenvalue weighted by Crippen LogP contribution is -2.40. The maximum atomic E-state index is 12.3. The standard InChI is InChI=1S/C18H29N3O4/c1-23-12-10-21-9-6-19-18(21)15-4-7-20(8-5-15)17(22)14-24-13-16-3-2-11-25-16/h6,9,15-16H,2-5,7-8,10-14H2,1H3. The van der Waals surface area contributed by atoms with Gasteiger partial charge in [0.05, 0.1) is 19.3 Å². The largest absolute Gasteiger partial charge is 0.383 e. The summed E-state index contributed by atoms with van der Waals surface area (Å²) in [6, 6.07) is 0. The van der Waals surface area contributed by atoms with E-state index in [4.69, 9.17) is 14.2 Å². The topological polar surface area (TPSA) is 65.8 Å². The molecule has 0 bridgehead atoms. The maximum Gasteiger partial charge on any atom is 0.248 e. The van der Waals surface area contributed by atoms with Crippen LogP contribution in [0.2, 0.25) is 0 Å². The maximum absolute atomic E-state index is 12.3. The number of methoxy groups -OCH3 is 1. The van der Waals surface area contributed by atoms with Gasteiger partial charge >= 0.3 is 0 Å². The molecule has 0 aromatic carbocycles. The van der Waals surface area contributed by atoms with E-state index in [0.717, 1.165) is 57.7 Å². The molecule has 1 amide bonds. The van der Waals surface area contributed by atoms with Crippen LogP contribution in [0.15, 0.2) is 12.4 Å². The quantitative estimate of drug-likeness (QED) is 0.709. The number of hydrogen-bond acceptors (Lipinski definition) is 5. The number of likely N-dealkylation sites (tertiary alicyclic amines) is 1. The van der Waals surface area contributed by atoms with Crippen LogP contribution in [0.1, 0.15) is 37.4 Å². The van der Waals surface area contributed by atoms with Gasteiger partial charge in [0, 0.05) is 51.7 Å². The monoisotopic (exact) mass is 351 g/mol. The lowest BCUT2D eigenvalue weighted by Gasteiger charge is -2.32. The summed E-state index contributed by atoms with van der Waals surface area (Å²) in [7, 11) is 1.71. The first-order valence-electron chi connectivity index (χ1n) is 9.25. The molecule has 2 aliphatic rings. The molecular weight excluding hydrogens is 322 g/mol. The van der Waals surface area contributed by atoms with Gasteiger partial charge in [-0.25, -0.2) is 4.98 Å². The highest BCUT2D eigenvalue weighted by atomic mass is 16.5. The van der Waals surface area contributed by atoms with Crippen molar-refractivity contribution in [1.29, 1.82) is 0 Å². The number of ether oxygens (including phenoxy) is 3. The zero-order valence-electron chi connectivity index (χ0n) is 15.1. The second kappa shape index (κ2) is 9.31. The molecule has 3 heterocycles. The zero-order valence-corrected chi connectivity index (χ0v) is 15.1. The lowest BCUT2D eigenvalue weighted by molar-refractivity contribution is -0.138. The summed E-state index contributed by atoms with van der Waals surface area (Å²) in [6.07, 6.45) is 8.05. The van der Waals surface area contributed by atoms with Gasteiger partial charge in [0.25, 0.3) is 0 Å². The number of carbonyl (C=O) groups is 1. The molecule has 7 heteroatoms. The van der Waals surface area contributed by atoms with E-state index in [0.29, 0.717) is 19.1 Å². The first-order valence-corrected chi connectivity index (χ1v) is 9.25. The smallest absolute Gasteiger partial charge is 0.248 e. The third-order valence-electron chi connectivity index (χ3n) is 5.05. The van der Waals surface area contributed by atoms with E-state index >= 15 is 0 Å². The van der Waals surface area contributed by atoms with Gasteiger partial charge in [0.1, 0.15) is 12.4 Å². The Morgan fingerprint density at radius 1 is 1.36 bits per heavy atom. The van der Waals surface area contributed by atoms with Crippen molar-refractivity contribution in [2.24, 2.45) is 0 Å². The fraction of sp³-hybridized carbons (Fsp3) is 0.778. The summed E-state index contributed by atoms with van der Waals surface area (Å²) in [6.45, 7) is 4.54. The number of imidazole rings is 1. The van der Waals surface area contributed by atoms with E-state index in [9.17, 15) is 4.79 Å². The van der Waals surface area contributed by atoms with E-state index in [-0.39, 0.29) is 18.6 Å². The summed E-state index contributed by atoms with van der Waals surface area (Å²) in [5, 5.41) is 0. The predicted molar refractivity (Wildman–Crippen MR) is 92.5 cm³/mol. The minimum Gasteiger partial charge on any atom is -0.383 e. The second-order valence-electron chi connectivity index (χ2n) is 6.78. The Kier molecular flexibility index (Phi) is 6.84. The van der Waals surface area contributed by atoms with Crippen LogP contribution in [0.4, 0.5) is 0 Å². The Labute approximate surface area is 149 Å². The number of piperidine rings is 1. The number of aromatic nitrogens is 2. The Morgan fingerprint density at radius 2 is 2.20 bits per heavy atom. The average Bonchev–Trinajstić information content (AvgIpc) is 3.31. The van der Waals surface area contributed by atoms with Gasteiger partial charge in [-0.15, -0.1) is 0 Å². The molecule has 2 fully saturated rings. The van der Waals surface area contributed by atoms with Gasteiger partial charge in [-0.1, -0.05) is 0 Å². The highest BCUT2D eigenvalue weighted by Gasteiger charge is 2.26. The molecule has 140 valence electrons. The van der Waals surface area contributed by atoms with Gasteiger partial charge in [-0.05, 0) is 25.7 Å².